The molecule has 0 aliphatic carbocycles. The third-order valence-electron chi connectivity index (χ3n) is 3.10. The highest BCUT2D eigenvalue weighted by atomic mass is 35.5. The van der Waals surface area contributed by atoms with Gasteiger partial charge in [-0.2, -0.15) is 0 Å². The zero-order valence-corrected chi connectivity index (χ0v) is 13.5. The minimum Gasteiger partial charge on any atom is -0.352 e. The monoisotopic (exact) mass is 341 g/mol. The van der Waals surface area contributed by atoms with Crippen LogP contribution >= 0.6 is 34.8 Å². The van der Waals surface area contributed by atoms with Crippen LogP contribution in [0.4, 0.5) is 0 Å². The molecule has 1 amide bonds. The molecular formula is C16H14Cl3NO. The molecule has 0 saturated heterocycles. The first-order chi connectivity index (χ1) is 10.1. The SMILES string of the molecule is O=C(CCc1c(Cl)cccc1Cl)NCc1ccccc1Cl. The van der Waals surface area contributed by atoms with Crippen LogP contribution in [0.1, 0.15) is 17.5 Å². The number of nitrogens with one attached hydrogen (secondary N) is 1. The molecule has 2 aromatic rings. The molecule has 0 unspecified atom stereocenters. The molecule has 0 spiro atoms. The molecule has 0 saturated carbocycles. The quantitative estimate of drug-likeness (QED) is 0.823. The minimum atomic E-state index is -0.0640. The van der Waals surface area contributed by atoms with Gasteiger partial charge in [0.15, 0.2) is 0 Å². The van der Waals surface area contributed by atoms with Gasteiger partial charge in [0.25, 0.3) is 0 Å². The average Bonchev–Trinajstić information content (AvgIpc) is 2.46. The highest BCUT2D eigenvalue weighted by molar-refractivity contribution is 6.36. The van der Waals surface area contributed by atoms with Crippen molar-refractivity contribution in [1.82, 2.24) is 5.32 Å². The van der Waals surface area contributed by atoms with Crippen molar-refractivity contribution in [1.29, 1.82) is 0 Å². The van der Waals surface area contributed by atoms with Crippen LogP contribution in [0.3, 0.4) is 0 Å². The highest BCUT2D eigenvalue weighted by Crippen LogP contribution is 2.25. The second-order valence-electron chi connectivity index (χ2n) is 4.57. The number of hydrogen-bond acceptors (Lipinski definition) is 1. The molecule has 0 heterocycles. The smallest absolute Gasteiger partial charge is 0.220 e. The summed E-state index contributed by atoms with van der Waals surface area (Å²) in [6.45, 7) is 0.411. The normalized spacial score (nSPS) is 10.4. The van der Waals surface area contributed by atoms with Crippen molar-refractivity contribution in [3.05, 3.63) is 68.7 Å². The van der Waals surface area contributed by atoms with Gasteiger partial charge in [0.05, 0.1) is 0 Å². The molecule has 2 aromatic carbocycles. The third kappa shape index (κ3) is 4.63. The van der Waals surface area contributed by atoms with Gasteiger partial charge >= 0.3 is 0 Å². The summed E-state index contributed by atoms with van der Waals surface area (Å²) in [5.41, 5.74) is 1.69. The largest absolute Gasteiger partial charge is 0.352 e. The van der Waals surface area contributed by atoms with Crippen molar-refractivity contribution >= 4 is 40.7 Å². The predicted molar refractivity (Wildman–Crippen MR) is 88.1 cm³/mol. The molecule has 2 rings (SSSR count). The van der Waals surface area contributed by atoms with Crippen molar-refractivity contribution in [2.24, 2.45) is 0 Å². The topological polar surface area (TPSA) is 29.1 Å². The zero-order valence-electron chi connectivity index (χ0n) is 11.2. The van der Waals surface area contributed by atoms with Crippen LogP contribution in [0.5, 0.6) is 0 Å². The molecule has 0 atom stereocenters. The number of carbonyl (C=O) groups is 1. The fourth-order valence-corrected chi connectivity index (χ4v) is 2.72. The number of carbonyl (C=O) groups excluding carboxylic acids is 1. The van der Waals surface area contributed by atoms with Gasteiger partial charge in [-0.05, 0) is 35.7 Å². The first-order valence-corrected chi connectivity index (χ1v) is 7.64. The molecule has 110 valence electrons. The van der Waals surface area contributed by atoms with E-state index < -0.39 is 0 Å². The van der Waals surface area contributed by atoms with E-state index in [1.807, 2.05) is 18.2 Å². The molecule has 21 heavy (non-hydrogen) atoms. The van der Waals surface area contributed by atoms with Gasteiger partial charge in [-0.25, -0.2) is 0 Å². The van der Waals surface area contributed by atoms with E-state index in [4.69, 9.17) is 34.8 Å². The van der Waals surface area contributed by atoms with Gasteiger partial charge in [0.2, 0.25) is 5.91 Å². The summed E-state index contributed by atoms with van der Waals surface area (Å²) >= 11 is 18.2. The van der Waals surface area contributed by atoms with Gasteiger partial charge in [0.1, 0.15) is 0 Å². The van der Waals surface area contributed by atoms with Crippen molar-refractivity contribution in [3.63, 3.8) is 0 Å². The molecular weight excluding hydrogens is 329 g/mol. The van der Waals surface area contributed by atoms with E-state index in [2.05, 4.69) is 5.32 Å². The van der Waals surface area contributed by atoms with Crippen molar-refractivity contribution in [2.75, 3.05) is 0 Å². The van der Waals surface area contributed by atoms with E-state index in [0.717, 1.165) is 11.1 Å². The fourth-order valence-electron chi connectivity index (χ4n) is 1.93. The number of hydrogen-bond donors (Lipinski definition) is 1. The lowest BCUT2D eigenvalue weighted by Gasteiger charge is -2.08. The number of benzene rings is 2. The zero-order chi connectivity index (χ0) is 15.2. The number of amides is 1. The molecule has 0 radical (unpaired) electrons. The lowest BCUT2D eigenvalue weighted by molar-refractivity contribution is -0.121. The van der Waals surface area contributed by atoms with Gasteiger partial charge in [-0.15, -0.1) is 0 Å². The molecule has 0 aliphatic heterocycles. The van der Waals surface area contributed by atoms with Crippen molar-refractivity contribution < 1.29 is 4.79 Å². The minimum absolute atomic E-state index is 0.0640. The summed E-state index contributed by atoms with van der Waals surface area (Å²) in [7, 11) is 0. The Morgan fingerprint density at radius 2 is 1.52 bits per heavy atom. The molecule has 1 N–H and O–H groups in total. The maximum atomic E-state index is 11.9. The fraction of sp³-hybridized carbons (Fsp3) is 0.188. The Morgan fingerprint density at radius 3 is 2.19 bits per heavy atom. The predicted octanol–water partition coefficient (Wildman–Crippen LogP) is 4.90. The molecule has 5 heteroatoms. The van der Waals surface area contributed by atoms with E-state index in [1.54, 1.807) is 24.3 Å². The summed E-state index contributed by atoms with van der Waals surface area (Å²) in [6.07, 6.45) is 0.834. The number of rotatable bonds is 5. The van der Waals surface area contributed by atoms with Gasteiger partial charge < -0.3 is 5.32 Å². The van der Waals surface area contributed by atoms with Crippen LogP contribution < -0.4 is 5.32 Å². The Balaban J connectivity index is 1.87. The maximum Gasteiger partial charge on any atom is 0.220 e. The summed E-state index contributed by atoms with van der Waals surface area (Å²) in [6, 6.07) is 12.7. The molecule has 0 fully saturated rings. The standard InChI is InChI=1S/C16H14Cl3NO/c17-13-5-2-1-4-11(13)10-20-16(21)9-8-12-14(18)6-3-7-15(12)19/h1-7H,8-10H2,(H,20,21). The molecule has 0 aromatic heterocycles. The first kappa shape index (κ1) is 16.2. The molecule has 0 aliphatic rings. The summed E-state index contributed by atoms with van der Waals surface area (Å²) < 4.78 is 0. The maximum absolute atomic E-state index is 11.9. The number of halogens is 3. The van der Waals surface area contributed by atoms with Crippen LogP contribution in [-0.2, 0) is 17.8 Å². The van der Waals surface area contributed by atoms with E-state index in [0.29, 0.717) is 34.5 Å². The van der Waals surface area contributed by atoms with Crippen molar-refractivity contribution in [2.45, 2.75) is 19.4 Å². The van der Waals surface area contributed by atoms with Crippen LogP contribution in [0, 0.1) is 0 Å². The van der Waals surface area contributed by atoms with Crippen LogP contribution in [0.15, 0.2) is 42.5 Å². The third-order valence-corrected chi connectivity index (χ3v) is 4.17. The Morgan fingerprint density at radius 1 is 0.905 bits per heavy atom. The van der Waals surface area contributed by atoms with Crippen LogP contribution in [-0.4, -0.2) is 5.91 Å². The first-order valence-electron chi connectivity index (χ1n) is 6.51. The van der Waals surface area contributed by atoms with Gasteiger partial charge in [-0.3, -0.25) is 4.79 Å². The van der Waals surface area contributed by atoms with E-state index in [-0.39, 0.29) is 5.91 Å². The van der Waals surface area contributed by atoms with Gasteiger partial charge in [0, 0.05) is 28.0 Å². The Bertz CT molecular complexity index is 623. The molecule has 0 bridgehead atoms. The van der Waals surface area contributed by atoms with E-state index in [9.17, 15) is 4.79 Å². The highest BCUT2D eigenvalue weighted by Gasteiger charge is 2.09. The summed E-state index contributed by atoms with van der Waals surface area (Å²) in [5.74, 6) is -0.0640. The average molecular weight is 343 g/mol. The van der Waals surface area contributed by atoms with Crippen molar-refractivity contribution in [3.8, 4) is 0 Å². The van der Waals surface area contributed by atoms with Gasteiger partial charge in [-0.1, -0.05) is 59.1 Å². The molecule has 2 nitrogen and oxygen atoms in total. The van der Waals surface area contributed by atoms with E-state index >= 15 is 0 Å². The lowest BCUT2D eigenvalue weighted by Crippen LogP contribution is -2.23. The second-order valence-corrected chi connectivity index (χ2v) is 5.79. The summed E-state index contributed by atoms with van der Waals surface area (Å²) in [5, 5.41) is 4.65. The summed E-state index contributed by atoms with van der Waals surface area (Å²) in [4.78, 5) is 11.9. The Hall–Kier alpha value is -1.22. The van der Waals surface area contributed by atoms with Crippen LogP contribution in [0.25, 0.3) is 0 Å². The van der Waals surface area contributed by atoms with E-state index in [1.165, 1.54) is 0 Å². The lowest BCUT2D eigenvalue weighted by atomic mass is 10.1. The Labute approximate surface area is 139 Å². The van der Waals surface area contributed by atoms with Crippen LogP contribution in [0.2, 0.25) is 15.1 Å². The second kappa shape index (κ2) is 7.69. The Kier molecular flexibility index (Phi) is 5.92.